The van der Waals surface area contributed by atoms with Crippen LogP contribution in [0.15, 0.2) is 6.07 Å². The van der Waals surface area contributed by atoms with E-state index in [0.29, 0.717) is 25.3 Å². The fourth-order valence-corrected chi connectivity index (χ4v) is 1.75. The number of pyridine rings is 1. The van der Waals surface area contributed by atoms with Crippen LogP contribution in [0, 0.1) is 10.1 Å². The Morgan fingerprint density at radius 3 is 2.75 bits per heavy atom. The number of aromatic nitrogens is 1. The Bertz CT molecular complexity index is 375. The van der Waals surface area contributed by atoms with Crippen molar-refractivity contribution >= 4 is 28.9 Å². The maximum Gasteiger partial charge on any atom is 0.324 e. The zero-order chi connectivity index (χ0) is 12.1. The normalized spacial score (nSPS) is 10.4. The molecule has 0 spiro atoms. The molecule has 0 amide bonds. The average molecular weight is 265 g/mol. The number of nitrogens with zero attached hydrogens (tertiary/aromatic N) is 2. The SMILES string of the molecule is CCOCCc1cc(Cl)c([N+](=O)[O-])c(Cl)n1. The fraction of sp³-hybridized carbons (Fsp3) is 0.444. The third-order valence-corrected chi connectivity index (χ3v) is 2.40. The number of rotatable bonds is 5. The van der Waals surface area contributed by atoms with Gasteiger partial charge in [0.1, 0.15) is 5.02 Å². The van der Waals surface area contributed by atoms with Crippen molar-refractivity contribution in [2.24, 2.45) is 0 Å². The van der Waals surface area contributed by atoms with Crippen LogP contribution in [0.2, 0.25) is 10.2 Å². The maximum absolute atomic E-state index is 10.6. The van der Waals surface area contributed by atoms with Crippen molar-refractivity contribution < 1.29 is 9.66 Å². The van der Waals surface area contributed by atoms with Crippen LogP contribution in [0.5, 0.6) is 0 Å². The van der Waals surface area contributed by atoms with Crippen molar-refractivity contribution in [3.8, 4) is 0 Å². The van der Waals surface area contributed by atoms with Crippen LogP contribution in [0.1, 0.15) is 12.6 Å². The van der Waals surface area contributed by atoms with Gasteiger partial charge in [-0.25, -0.2) is 4.98 Å². The molecule has 0 unspecified atom stereocenters. The number of nitro groups is 1. The smallest absolute Gasteiger partial charge is 0.324 e. The van der Waals surface area contributed by atoms with E-state index >= 15 is 0 Å². The molecular formula is C9H10Cl2N2O3. The molecule has 0 aliphatic rings. The molecule has 1 rings (SSSR count). The maximum atomic E-state index is 10.6. The number of halogens is 2. The largest absolute Gasteiger partial charge is 0.381 e. The van der Waals surface area contributed by atoms with E-state index in [1.807, 2.05) is 6.92 Å². The van der Waals surface area contributed by atoms with Gasteiger partial charge < -0.3 is 4.74 Å². The molecule has 0 saturated carbocycles. The highest BCUT2D eigenvalue weighted by Gasteiger charge is 2.20. The average Bonchev–Trinajstić information content (AvgIpc) is 2.16. The second-order valence-electron chi connectivity index (χ2n) is 2.94. The molecular weight excluding hydrogens is 255 g/mol. The minimum atomic E-state index is -0.649. The van der Waals surface area contributed by atoms with Crippen LogP contribution in [-0.4, -0.2) is 23.1 Å². The first-order valence-corrected chi connectivity index (χ1v) is 5.39. The molecule has 0 bridgehead atoms. The zero-order valence-electron chi connectivity index (χ0n) is 8.57. The lowest BCUT2D eigenvalue weighted by molar-refractivity contribution is -0.384. The predicted molar refractivity (Wildman–Crippen MR) is 61.1 cm³/mol. The Morgan fingerprint density at radius 2 is 2.25 bits per heavy atom. The topological polar surface area (TPSA) is 65.3 Å². The Hall–Kier alpha value is -0.910. The van der Waals surface area contributed by atoms with Gasteiger partial charge in [0.25, 0.3) is 0 Å². The first-order valence-electron chi connectivity index (χ1n) is 4.63. The van der Waals surface area contributed by atoms with Crippen LogP contribution in [0.3, 0.4) is 0 Å². The predicted octanol–water partition coefficient (Wildman–Crippen LogP) is 2.88. The quantitative estimate of drug-likeness (QED) is 0.355. The molecule has 7 heteroatoms. The van der Waals surface area contributed by atoms with Crippen molar-refractivity contribution in [2.75, 3.05) is 13.2 Å². The van der Waals surface area contributed by atoms with Gasteiger partial charge in [-0.05, 0) is 13.0 Å². The summed E-state index contributed by atoms with van der Waals surface area (Å²) in [7, 11) is 0. The van der Waals surface area contributed by atoms with Gasteiger partial charge in [0, 0.05) is 18.7 Å². The highest BCUT2D eigenvalue weighted by molar-refractivity contribution is 6.37. The van der Waals surface area contributed by atoms with E-state index in [-0.39, 0.29) is 15.9 Å². The van der Waals surface area contributed by atoms with Crippen molar-refractivity contribution in [2.45, 2.75) is 13.3 Å². The summed E-state index contributed by atoms with van der Waals surface area (Å²) >= 11 is 11.4. The molecule has 1 aromatic heterocycles. The molecule has 1 aromatic rings. The summed E-state index contributed by atoms with van der Waals surface area (Å²) in [6.45, 7) is 2.96. The van der Waals surface area contributed by atoms with E-state index < -0.39 is 4.92 Å². The van der Waals surface area contributed by atoms with E-state index in [1.54, 1.807) is 0 Å². The number of hydrogen-bond acceptors (Lipinski definition) is 4. The van der Waals surface area contributed by atoms with Gasteiger partial charge >= 0.3 is 5.69 Å². The highest BCUT2D eigenvalue weighted by Crippen LogP contribution is 2.31. The van der Waals surface area contributed by atoms with Crippen LogP contribution in [-0.2, 0) is 11.2 Å². The van der Waals surface area contributed by atoms with Gasteiger partial charge in [0.05, 0.1) is 11.5 Å². The second kappa shape index (κ2) is 5.98. The molecule has 88 valence electrons. The minimum absolute atomic E-state index is 0.00324. The summed E-state index contributed by atoms with van der Waals surface area (Å²) in [5.74, 6) is 0. The van der Waals surface area contributed by atoms with Crippen LogP contribution >= 0.6 is 23.2 Å². The summed E-state index contributed by atoms with van der Waals surface area (Å²) in [6.07, 6.45) is 0.519. The van der Waals surface area contributed by atoms with E-state index in [1.165, 1.54) is 6.07 Å². The Morgan fingerprint density at radius 1 is 1.56 bits per heavy atom. The fourth-order valence-electron chi connectivity index (χ4n) is 1.14. The molecule has 0 N–H and O–H groups in total. The van der Waals surface area contributed by atoms with Gasteiger partial charge in [-0.2, -0.15) is 0 Å². The van der Waals surface area contributed by atoms with Gasteiger partial charge in [-0.3, -0.25) is 10.1 Å². The lowest BCUT2D eigenvalue weighted by atomic mass is 10.2. The van der Waals surface area contributed by atoms with Crippen molar-refractivity contribution in [3.63, 3.8) is 0 Å². The van der Waals surface area contributed by atoms with E-state index in [4.69, 9.17) is 27.9 Å². The standard InChI is InChI=1S/C9H10Cl2N2O3/c1-2-16-4-3-6-5-7(10)8(13(14)15)9(11)12-6/h5H,2-4H2,1H3. The lowest BCUT2D eigenvalue weighted by Crippen LogP contribution is -2.02. The molecule has 0 aliphatic carbocycles. The van der Waals surface area contributed by atoms with Gasteiger partial charge in [0.2, 0.25) is 5.15 Å². The molecule has 5 nitrogen and oxygen atoms in total. The van der Waals surface area contributed by atoms with E-state index in [9.17, 15) is 10.1 Å². The van der Waals surface area contributed by atoms with E-state index in [2.05, 4.69) is 4.98 Å². The zero-order valence-corrected chi connectivity index (χ0v) is 10.1. The summed E-state index contributed by atoms with van der Waals surface area (Å²) in [5.41, 5.74) is 0.220. The molecule has 0 atom stereocenters. The van der Waals surface area contributed by atoms with E-state index in [0.717, 1.165) is 0 Å². The van der Waals surface area contributed by atoms with Crippen LogP contribution < -0.4 is 0 Å². The second-order valence-corrected chi connectivity index (χ2v) is 3.70. The monoisotopic (exact) mass is 264 g/mol. The third kappa shape index (κ3) is 3.30. The first-order chi connectivity index (χ1) is 7.56. The number of hydrogen-bond donors (Lipinski definition) is 0. The molecule has 1 heterocycles. The highest BCUT2D eigenvalue weighted by atomic mass is 35.5. The van der Waals surface area contributed by atoms with Crippen molar-refractivity contribution in [1.82, 2.24) is 4.98 Å². The molecule has 0 radical (unpaired) electrons. The first kappa shape index (κ1) is 13.2. The molecule has 0 aromatic carbocycles. The summed E-state index contributed by atoms with van der Waals surface area (Å²) in [5, 5.41) is 10.4. The lowest BCUT2D eigenvalue weighted by Gasteiger charge is -2.03. The summed E-state index contributed by atoms with van der Waals surface area (Å²) in [4.78, 5) is 13.8. The van der Waals surface area contributed by atoms with Crippen molar-refractivity contribution in [3.05, 3.63) is 32.1 Å². The molecule has 16 heavy (non-hydrogen) atoms. The Kier molecular flexibility index (Phi) is 4.92. The molecule has 0 aliphatic heterocycles. The Balaban J connectivity index is 2.87. The summed E-state index contributed by atoms with van der Waals surface area (Å²) in [6, 6.07) is 1.44. The number of ether oxygens (including phenoxy) is 1. The minimum Gasteiger partial charge on any atom is -0.381 e. The van der Waals surface area contributed by atoms with Crippen LogP contribution in [0.4, 0.5) is 5.69 Å². The van der Waals surface area contributed by atoms with Crippen LogP contribution in [0.25, 0.3) is 0 Å². The van der Waals surface area contributed by atoms with Gasteiger partial charge in [0.15, 0.2) is 0 Å². The third-order valence-electron chi connectivity index (χ3n) is 1.85. The summed E-state index contributed by atoms with van der Waals surface area (Å²) < 4.78 is 5.13. The Labute approximate surface area is 102 Å². The van der Waals surface area contributed by atoms with Gasteiger partial charge in [-0.15, -0.1) is 0 Å². The molecule has 0 fully saturated rings. The van der Waals surface area contributed by atoms with Gasteiger partial charge in [-0.1, -0.05) is 23.2 Å². The molecule has 0 saturated heterocycles. The van der Waals surface area contributed by atoms with Crippen molar-refractivity contribution in [1.29, 1.82) is 0 Å².